The Morgan fingerprint density at radius 2 is 1.92 bits per heavy atom. The van der Waals surface area contributed by atoms with Crippen LogP contribution in [0.1, 0.15) is 50.5 Å². The van der Waals surface area contributed by atoms with E-state index in [1.807, 2.05) is 35.2 Å². The summed E-state index contributed by atoms with van der Waals surface area (Å²) in [6.45, 7) is 1.43. The molecule has 1 N–H and O–H groups in total. The quantitative estimate of drug-likeness (QED) is 0.807. The number of nitrogens with zero attached hydrogens (tertiary/aromatic N) is 1. The molecule has 0 radical (unpaired) electrons. The van der Waals surface area contributed by atoms with Crippen molar-refractivity contribution in [1.82, 2.24) is 10.2 Å². The smallest absolute Gasteiger partial charge is 0.226 e. The molecule has 1 fully saturated rings. The van der Waals surface area contributed by atoms with Gasteiger partial charge in [-0.1, -0.05) is 36.4 Å². The molecule has 0 saturated carbocycles. The minimum atomic E-state index is 0.0201. The number of carbonyl (C=O) groups excluding carboxylic acids is 2. The molecule has 1 heterocycles. The Labute approximate surface area is 150 Å². The Morgan fingerprint density at radius 3 is 2.76 bits per heavy atom. The summed E-state index contributed by atoms with van der Waals surface area (Å²) in [6, 6.07) is 9.72. The number of benzene rings is 1. The van der Waals surface area contributed by atoms with E-state index < -0.39 is 0 Å². The highest BCUT2D eigenvalue weighted by Crippen LogP contribution is 2.35. The second-order valence-electron chi connectivity index (χ2n) is 7.06. The fourth-order valence-electron chi connectivity index (χ4n) is 3.89. The van der Waals surface area contributed by atoms with Gasteiger partial charge in [0, 0.05) is 25.2 Å². The first kappa shape index (κ1) is 17.7. The van der Waals surface area contributed by atoms with Gasteiger partial charge in [0.15, 0.2) is 0 Å². The van der Waals surface area contributed by atoms with E-state index in [9.17, 15) is 9.59 Å². The van der Waals surface area contributed by atoms with E-state index in [1.54, 1.807) is 0 Å². The van der Waals surface area contributed by atoms with E-state index in [1.165, 1.54) is 25.0 Å². The fraction of sp³-hybridized carbons (Fsp3) is 0.524. The molecule has 1 aliphatic heterocycles. The molecule has 0 spiro atoms. The van der Waals surface area contributed by atoms with Crippen molar-refractivity contribution in [3.63, 3.8) is 0 Å². The maximum Gasteiger partial charge on any atom is 0.226 e. The van der Waals surface area contributed by atoms with Gasteiger partial charge in [-0.2, -0.15) is 0 Å². The Morgan fingerprint density at radius 1 is 1.12 bits per heavy atom. The molecule has 25 heavy (non-hydrogen) atoms. The number of hydrogen-bond acceptors (Lipinski definition) is 2. The maximum absolute atomic E-state index is 12.6. The van der Waals surface area contributed by atoms with Crippen molar-refractivity contribution < 1.29 is 9.59 Å². The Bertz CT molecular complexity index is 624. The Balaban J connectivity index is 1.39. The van der Waals surface area contributed by atoms with Crippen LogP contribution in [0.3, 0.4) is 0 Å². The van der Waals surface area contributed by atoms with Gasteiger partial charge >= 0.3 is 0 Å². The number of nitrogens with one attached hydrogen (secondary N) is 1. The van der Waals surface area contributed by atoms with Gasteiger partial charge in [-0.15, -0.1) is 0 Å². The van der Waals surface area contributed by atoms with Crippen LogP contribution in [-0.2, 0) is 16.0 Å². The lowest BCUT2D eigenvalue weighted by molar-refractivity contribution is -0.131. The summed E-state index contributed by atoms with van der Waals surface area (Å²) in [4.78, 5) is 26.5. The van der Waals surface area contributed by atoms with Crippen LogP contribution in [-0.4, -0.2) is 29.8 Å². The predicted molar refractivity (Wildman–Crippen MR) is 98.8 cm³/mol. The average Bonchev–Trinajstić information content (AvgIpc) is 2.65. The first-order valence-electron chi connectivity index (χ1n) is 9.55. The number of hydrogen-bond donors (Lipinski definition) is 1. The average molecular weight is 340 g/mol. The molecule has 134 valence electrons. The van der Waals surface area contributed by atoms with Crippen molar-refractivity contribution >= 4 is 11.8 Å². The monoisotopic (exact) mass is 340 g/mol. The van der Waals surface area contributed by atoms with Gasteiger partial charge < -0.3 is 10.2 Å². The topological polar surface area (TPSA) is 49.4 Å². The van der Waals surface area contributed by atoms with E-state index in [0.717, 1.165) is 24.9 Å². The molecule has 2 aliphatic rings. The highest BCUT2D eigenvalue weighted by molar-refractivity contribution is 5.79. The minimum Gasteiger partial charge on any atom is -0.356 e. The Kier molecular flexibility index (Phi) is 6.26. The number of carbonyl (C=O) groups is 2. The fourth-order valence-corrected chi connectivity index (χ4v) is 3.89. The Hall–Kier alpha value is -2.10. The molecule has 2 amide bonds. The van der Waals surface area contributed by atoms with Crippen LogP contribution in [0.25, 0.3) is 0 Å². The van der Waals surface area contributed by atoms with Crippen LogP contribution in [0.2, 0.25) is 0 Å². The summed E-state index contributed by atoms with van der Waals surface area (Å²) in [6.07, 6.45) is 9.80. The molecule has 1 aliphatic carbocycles. The number of likely N-dealkylation sites (tertiary alicyclic amines) is 1. The first-order chi connectivity index (χ1) is 12.2. The summed E-state index contributed by atoms with van der Waals surface area (Å²) >= 11 is 0. The summed E-state index contributed by atoms with van der Waals surface area (Å²) < 4.78 is 0. The van der Waals surface area contributed by atoms with E-state index in [-0.39, 0.29) is 11.8 Å². The lowest BCUT2D eigenvalue weighted by Gasteiger charge is -2.38. The zero-order chi connectivity index (χ0) is 17.5. The van der Waals surface area contributed by atoms with Gasteiger partial charge in [0.25, 0.3) is 0 Å². The summed E-state index contributed by atoms with van der Waals surface area (Å²) in [7, 11) is 0. The molecule has 1 atom stereocenters. The second kappa shape index (κ2) is 8.84. The van der Waals surface area contributed by atoms with Crippen molar-refractivity contribution in [2.75, 3.05) is 13.1 Å². The van der Waals surface area contributed by atoms with Crippen molar-refractivity contribution in [1.29, 1.82) is 0 Å². The highest BCUT2D eigenvalue weighted by Gasteiger charge is 2.29. The number of allylic oxidation sites excluding steroid dienone is 2. The molecule has 0 aromatic heterocycles. The lowest BCUT2D eigenvalue weighted by Crippen LogP contribution is -2.39. The van der Waals surface area contributed by atoms with Crippen molar-refractivity contribution in [3.8, 4) is 0 Å². The van der Waals surface area contributed by atoms with Crippen LogP contribution in [0.5, 0.6) is 0 Å². The molecule has 4 nitrogen and oxygen atoms in total. The number of amides is 2. The summed E-state index contributed by atoms with van der Waals surface area (Å²) in [5.41, 5.74) is 2.29. The zero-order valence-electron chi connectivity index (χ0n) is 14.9. The van der Waals surface area contributed by atoms with E-state index in [2.05, 4.69) is 11.4 Å². The molecular formula is C21H28N2O2. The van der Waals surface area contributed by atoms with Crippen LogP contribution < -0.4 is 5.32 Å². The van der Waals surface area contributed by atoms with Crippen molar-refractivity contribution in [2.24, 2.45) is 5.92 Å². The number of fused-ring (bicyclic) bond motifs is 1. The van der Waals surface area contributed by atoms with Crippen molar-refractivity contribution in [2.45, 2.75) is 51.4 Å². The number of rotatable bonds is 6. The molecule has 1 saturated heterocycles. The third kappa shape index (κ3) is 4.94. The van der Waals surface area contributed by atoms with Crippen LogP contribution in [0.15, 0.2) is 42.1 Å². The zero-order valence-corrected chi connectivity index (χ0v) is 14.9. The molecule has 1 unspecified atom stereocenters. The van der Waals surface area contributed by atoms with Gasteiger partial charge in [-0.3, -0.25) is 9.59 Å². The van der Waals surface area contributed by atoms with E-state index in [0.29, 0.717) is 31.7 Å². The van der Waals surface area contributed by atoms with Crippen LogP contribution in [0, 0.1) is 5.92 Å². The van der Waals surface area contributed by atoms with Crippen molar-refractivity contribution in [3.05, 3.63) is 47.7 Å². The molecule has 0 bridgehead atoms. The third-order valence-corrected chi connectivity index (χ3v) is 5.17. The van der Waals surface area contributed by atoms with Gasteiger partial charge in [-0.05, 0) is 50.0 Å². The van der Waals surface area contributed by atoms with E-state index >= 15 is 0 Å². The summed E-state index contributed by atoms with van der Waals surface area (Å²) in [5.74, 6) is 0.832. The predicted octanol–water partition coefficient (Wildman–Crippen LogP) is 3.43. The molecular weight excluding hydrogens is 312 g/mol. The molecule has 3 rings (SSSR count). The van der Waals surface area contributed by atoms with E-state index in [4.69, 9.17) is 0 Å². The molecule has 1 aromatic rings. The van der Waals surface area contributed by atoms with Crippen LogP contribution >= 0.6 is 0 Å². The second-order valence-corrected chi connectivity index (χ2v) is 7.06. The minimum absolute atomic E-state index is 0.0201. The first-order valence-corrected chi connectivity index (χ1v) is 9.55. The van der Waals surface area contributed by atoms with Crippen LogP contribution in [0.4, 0.5) is 0 Å². The van der Waals surface area contributed by atoms with Gasteiger partial charge in [-0.25, -0.2) is 0 Å². The van der Waals surface area contributed by atoms with Gasteiger partial charge in [0.2, 0.25) is 11.8 Å². The molecule has 1 aromatic carbocycles. The summed E-state index contributed by atoms with van der Waals surface area (Å²) in [5, 5.41) is 2.92. The lowest BCUT2D eigenvalue weighted by atomic mass is 9.85. The van der Waals surface area contributed by atoms with Gasteiger partial charge in [0.1, 0.15) is 0 Å². The molecule has 4 heteroatoms. The normalized spacial score (nSPS) is 19.8. The highest BCUT2D eigenvalue weighted by atomic mass is 16.2. The maximum atomic E-state index is 12.6. The largest absolute Gasteiger partial charge is 0.356 e. The standard InChI is InChI=1S/C21H28N2O2/c24-20(16-17-8-2-1-3-9-17)22-14-6-13-21(25)23-15-7-11-18-10-4-5-12-19(18)23/h1-3,8-9,12,18H,4-7,10-11,13-16H2,(H,22,24). The number of piperidine rings is 1. The SMILES string of the molecule is O=C(Cc1ccccc1)NCCCC(=O)N1CCCC2CCCC=C21. The third-order valence-electron chi connectivity index (χ3n) is 5.17. The van der Waals surface area contributed by atoms with Gasteiger partial charge in [0.05, 0.1) is 6.42 Å².